The number of ether oxygens (including phenoxy) is 1. The predicted octanol–water partition coefficient (Wildman–Crippen LogP) is 2.31. The van der Waals surface area contributed by atoms with Crippen molar-refractivity contribution in [1.82, 2.24) is 9.99 Å². The van der Waals surface area contributed by atoms with Gasteiger partial charge in [0.1, 0.15) is 11.3 Å². The summed E-state index contributed by atoms with van der Waals surface area (Å²) >= 11 is 0. The molecule has 3 rings (SSSR count). The topological polar surface area (TPSA) is 72.7 Å². The van der Waals surface area contributed by atoms with Crippen LogP contribution in [-0.4, -0.2) is 23.8 Å². The molecule has 0 unspecified atom stereocenters. The van der Waals surface area contributed by atoms with E-state index in [4.69, 9.17) is 4.74 Å². The van der Waals surface area contributed by atoms with Crippen LogP contribution in [0.4, 0.5) is 0 Å². The molecule has 0 fully saturated rings. The number of carbonyl (C=O) groups is 1. The molecule has 1 N–H and O–H groups in total. The largest absolute Gasteiger partial charge is 0.497 e. The van der Waals surface area contributed by atoms with Crippen molar-refractivity contribution in [1.29, 1.82) is 0 Å². The Kier molecular flexibility index (Phi) is 4.61. The molecule has 0 saturated carbocycles. The van der Waals surface area contributed by atoms with E-state index in [2.05, 4.69) is 10.5 Å². The molecule has 126 valence electrons. The molecule has 2 aromatic carbocycles. The summed E-state index contributed by atoms with van der Waals surface area (Å²) in [5.74, 6) is 0.192. The van der Waals surface area contributed by atoms with Gasteiger partial charge >= 0.3 is 0 Å². The molecule has 0 radical (unpaired) electrons. The van der Waals surface area contributed by atoms with Gasteiger partial charge in [0.2, 0.25) is 5.43 Å². The maximum Gasteiger partial charge on any atom is 0.276 e. The Labute approximate surface area is 144 Å². The van der Waals surface area contributed by atoms with Gasteiger partial charge in [0.25, 0.3) is 5.91 Å². The molecule has 1 heterocycles. The van der Waals surface area contributed by atoms with E-state index in [1.807, 2.05) is 24.3 Å². The summed E-state index contributed by atoms with van der Waals surface area (Å²) in [7, 11) is 3.38. The molecule has 6 nitrogen and oxygen atoms in total. The third-order valence-electron chi connectivity index (χ3n) is 3.84. The number of hydrogen-bond acceptors (Lipinski definition) is 4. The van der Waals surface area contributed by atoms with Crippen molar-refractivity contribution in [2.24, 2.45) is 12.1 Å². The van der Waals surface area contributed by atoms with Gasteiger partial charge in [0.15, 0.2) is 0 Å². The van der Waals surface area contributed by atoms with Crippen LogP contribution in [0.5, 0.6) is 5.75 Å². The lowest BCUT2D eigenvalue weighted by Crippen LogP contribution is -2.26. The third kappa shape index (κ3) is 3.42. The van der Waals surface area contributed by atoms with Gasteiger partial charge in [-0.2, -0.15) is 5.10 Å². The van der Waals surface area contributed by atoms with Gasteiger partial charge in [-0.15, -0.1) is 0 Å². The number of rotatable bonds is 4. The summed E-state index contributed by atoms with van der Waals surface area (Å²) in [6, 6.07) is 14.4. The Hall–Kier alpha value is -3.41. The van der Waals surface area contributed by atoms with Crippen molar-refractivity contribution in [2.45, 2.75) is 0 Å². The average Bonchev–Trinajstić information content (AvgIpc) is 2.65. The molecule has 0 aliphatic rings. The molecule has 1 amide bonds. The Morgan fingerprint density at radius 1 is 1.16 bits per heavy atom. The summed E-state index contributed by atoms with van der Waals surface area (Å²) in [6.45, 7) is 0. The number of hydrogen-bond donors (Lipinski definition) is 1. The van der Waals surface area contributed by atoms with Gasteiger partial charge in [-0.05, 0) is 42.0 Å². The van der Waals surface area contributed by atoms with E-state index in [9.17, 15) is 9.59 Å². The van der Waals surface area contributed by atoms with Gasteiger partial charge < -0.3 is 9.30 Å². The lowest BCUT2D eigenvalue weighted by atomic mass is 10.1. The molecule has 0 aliphatic carbocycles. The number of aryl methyl sites for hydroxylation is 1. The second-order valence-corrected chi connectivity index (χ2v) is 5.47. The molecule has 6 heteroatoms. The highest BCUT2D eigenvalue weighted by atomic mass is 16.5. The number of carbonyl (C=O) groups excluding carboxylic acids is 1. The number of methoxy groups -OCH3 is 1. The maximum absolute atomic E-state index is 12.5. The minimum absolute atomic E-state index is 0.0491. The number of hydrazone groups is 1. The molecule has 3 aromatic rings. The third-order valence-corrected chi connectivity index (χ3v) is 3.84. The van der Waals surface area contributed by atoms with E-state index < -0.39 is 5.91 Å². The number of nitrogens with zero attached hydrogens (tertiary/aromatic N) is 2. The molecular formula is C19H17N3O3. The van der Waals surface area contributed by atoms with Gasteiger partial charge in [0.05, 0.1) is 18.8 Å². The first-order valence-electron chi connectivity index (χ1n) is 7.66. The number of nitrogens with one attached hydrogen (secondary N) is 1. The highest BCUT2D eigenvalue weighted by molar-refractivity contribution is 5.97. The zero-order chi connectivity index (χ0) is 17.8. The van der Waals surface area contributed by atoms with Crippen LogP contribution < -0.4 is 15.6 Å². The molecule has 0 atom stereocenters. The lowest BCUT2D eigenvalue weighted by molar-refractivity contribution is 0.0953. The first-order chi connectivity index (χ1) is 12.1. The number of aromatic nitrogens is 1. The second-order valence-electron chi connectivity index (χ2n) is 5.47. The van der Waals surface area contributed by atoms with Gasteiger partial charge in [0, 0.05) is 18.6 Å². The predicted molar refractivity (Wildman–Crippen MR) is 97.2 cm³/mol. The zero-order valence-corrected chi connectivity index (χ0v) is 13.9. The van der Waals surface area contributed by atoms with E-state index >= 15 is 0 Å². The minimum Gasteiger partial charge on any atom is -0.497 e. The van der Waals surface area contributed by atoms with Gasteiger partial charge in [-0.25, -0.2) is 5.43 Å². The summed E-state index contributed by atoms with van der Waals surface area (Å²) < 4.78 is 6.83. The number of amides is 1. The van der Waals surface area contributed by atoms with Gasteiger partial charge in [-0.3, -0.25) is 9.59 Å². The summed E-state index contributed by atoms with van der Waals surface area (Å²) in [4.78, 5) is 24.8. The Morgan fingerprint density at radius 2 is 1.88 bits per heavy atom. The highest BCUT2D eigenvalue weighted by Crippen LogP contribution is 2.11. The molecule has 25 heavy (non-hydrogen) atoms. The monoisotopic (exact) mass is 335 g/mol. The molecular weight excluding hydrogens is 318 g/mol. The number of para-hydroxylation sites is 1. The quantitative estimate of drug-likeness (QED) is 0.587. The first kappa shape index (κ1) is 16.4. The highest BCUT2D eigenvalue weighted by Gasteiger charge is 2.13. The van der Waals surface area contributed by atoms with Crippen LogP contribution >= 0.6 is 0 Å². The van der Waals surface area contributed by atoms with Crippen molar-refractivity contribution >= 4 is 23.0 Å². The fourth-order valence-corrected chi connectivity index (χ4v) is 2.52. The first-order valence-corrected chi connectivity index (χ1v) is 7.66. The van der Waals surface area contributed by atoms with E-state index in [0.29, 0.717) is 5.39 Å². The van der Waals surface area contributed by atoms with Crippen LogP contribution in [0.15, 0.2) is 64.6 Å². The standard InChI is InChI=1S/C19H17N3O3/c1-22-12-16(18(23)15-5-3-4-6-17(15)22)19(24)21-20-11-13-7-9-14(25-2)10-8-13/h3-12H,1-2H3,(H,21,24)/b20-11+. The SMILES string of the molecule is COc1ccc(/C=N/NC(=O)c2cn(C)c3ccccc3c2=O)cc1. The smallest absolute Gasteiger partial charge is 0.276 e. The fraction of sp³-hybridized carbons (Fsp3) is 0.105. The number of benzene rings is 2. The summed E-state index contributed by atoms with van der Waals surface area (Å²) in [6.07, 6.45) is 3.02. The molecule has 0 bridgehead atoms. The molecule has 1 aromatic heterocycles. The van der Waals surface area contributed by atoms with Crippen LogP contribution in [0.2, 0.25) is 0 Å². The Bertz CT molecular complexity index is 1000. The molecule has 0 spiro atoms. The average molecular weight is 335 g/mol. The second kappa shape index (κ2) is 7.00. The normalized spacial score (nSPS) is 11.0. The minimum atomic E-state index is -0.545. The van der Waals surface area contributed by atoms with Crippen molar-refractivity contribution in [3.63, 3.8) is 0 Å². The van der Waals surface area contributed by atoms with Crippen LogP contribution in [0.3, 0.4) is 0 Å². The van der Waals surface area contributed by atoms with Crippen LogP contribution in [0.25, 0.3) is 10.9 Å². The molecule has 0 aliphatic heterocycles. The van der Waals surface area contributed by atoms with Crippen molar-refractivity contribution in [3.8, 4) is 5.75 Å². The van der Waals surface area contributed by atoms with E-state index in [-0.39, 0.29) is 11.0 Å². The maximum atomic E-state index is 12.5. The number of pyridine rings is 1. The lowest BCUT2D eigenvalue weighted by Gasteiger charge is -2.07. The van der Waals surface area contributed by atoms with Crippen molar-refractivity contribution in [2.75, 3.05) is 7.11 Å². The fourth-order valence-electron chi connectivity index (χ4n) is 2.52. The van der Waals surface area contributed by atoms with Crippen LogP contribution in [0.1, 0.15) is 15.9 Å². The summed E-state index contributed by atoms with van der Waals surface area (Å²) in [5.41, 5.74) is 3.70. The van der Waals surface area contributed by atoms with E-state index in [1.165, 1.54) is 12.4 Å². The number of fused-ring (bicyclic) bond motifs is 1. The van der Waals surface area contributed by atoms with E-state index in [0.717, 1.165) is 16.8 Å². The van der Waals surface area contributed by atoms with Crippen molar-refractivity contribution < 1.29 is 9.53 Å². The van der Waals surface area contributed by atoms with Crippen LogP contribution in [0, 0.1) is 0 Å². The van der Waals surface area contributed by atoms with Crippen LogP contribution in [-0.2, 0) is 7.05 Å². The summed E-state index contributed by atoms with van der Waals surface area (Å²) in [5, 5.41) is 4.41. The van der Waals surface area contributed by atoms with Crippen molar-refractivity contribution in [3.05, 3.63) is 76.1 Å². The Morgan fingerprint density at radius 3 is 2.60 bits per heavy atom. The Balaban J connectivity index is 1.81. The molecule has 0 saturated heterocycles. The van der Waals surface area contributed by atoms with Gasteiger partial charge in [-0.1, -0.05) is 12.1 Å². The zero-order valence-electron chi connectivity index (χ0n) is 13.9. The van der Waals surface area contributed by atoms with E-state index in [1.54, 1.807) is 43.0 Å².